The van der Waals surface area contributed by atoms with Crippen LogP contribution < -0.4 is 10.1 Å². The Morgan fingerprint density at radius 2 is 1.93 bits per heavy atom. The van der Waals surface area contributed by atoms with Crippen LogP contribution in [0.15, 0.2) is 24.3 Å². The molecule has 1 aliphatic heterocycles. The molecule has 1 aliphatic rings. The maximum Gasteiger partial charge on any atom is 0.238 e. The highest BCUT2D eigenvalue weighted by Crippen LogP contribution is 2.26. The molecule has 152 valence electrons. The molecule has 7 heteroatoms. The van der Waals surface area contributed by atoms with Crippen molar-refractivity contribution >= 4 is 15.9 Å². The predicted octanol–water partition coefficient (Wildman–Crippen LogP) is 2.54. The lowest BCUT2D eigenvalue weighted by Crippen LogP contribution is -2.48. The third-order valence-corrected chi connectivity index (χ3v) is 6.15. The average Bonchev–Trinajstić information content (AvgIpc) is 3.08. The number of nitrogens with zero attached hydrogens (tertiary/aromatic N) is 1. The maximum atomic E-state index is 12.5. The zero-order valence-electron chi connectivity index (χ0n) is 17.0. The molecule has 0 spiro atoms. The molecule has 0 radical (unpaired) electrons. The summed E-state index contributed by atoms with van der Waals surface area (Å²) in [5.41, 5.74) is 0.812. The van der Waals surface area contributed by atoms with E-state index in [0.717, 1.165) is 17.6 Å². The first kappa shape index (κ1) is 21.7. The van der Waals surface area contributed by atoms with E-state index in [-0.39, 0.29) is 11.3 Å². The van der Waals surface area contributed by atoms with E-state index < -0.39 is 16.1 Å². The Morgan fingerprint density at radius 3 is 2.48 bits per heavy atom. The summed E-state index contributed by atoms with van der Waals surface area (Å²) >= 11 is 0. The van der Waals surface area contributed by atoms with E-state index in [1.54, 1.807) is 0 Å². The Bertz CT molecular complexity index is 742. The monoisotopic (exact) mass is 396 g/mol. The van der Waals surface area contributed by atoms with Gasteiger partial charge in [0.15, 0.2) is 0 Å². The second kappa shape index (κ2) is 8.61. The van der Waals surface area contributed by atoms with Gasteiger partial charge < -0.3 is 10.1 Å². The van der Waals surface area contributed by atoms with E-state index >= 15 is 0 Å². The molecule has 0 aliphatic carbocycles. The molecule has 1 N–H and O–H groups in total. The van der Waals surface area contributed by atoms with Gasteiger partial charge in [0.1, 0.15) is 11.8 Å². The minimum atomic E-state index is -3.36. The summed E-state index contributed by atoms with van der Waals surface area (Å²) in [5, 5.41) is 2.94. The predicted molar refractivity (Wildman–Crippen MR) is 107 cm³/mol. The smallest absolute Gasteiger partial charge is 0.238 e. The molecule has 1 amide bonds. The van der Waals surface area contributed by atoms with Gasteiger partial charge in [0.25, 0.3) is 0 Å². The largest absolute Gasteiger partial charge is 0.493 e. The van der Waals surface area contributed by atoms with Crippen molar-refractivity contribution in [2.75, 3.05) is 26.0 Å². The first-order valence-electron chi connectivity index (χ1n) is 9.48. The minimum absolute atomic E-state index is 0.220. The lowest BCUT2D eigenvalue weighted by atomic mass is 9.84. The molecule has 6 nitrogen and oxygen atoms in total. The molecule has 1 heterocycles. The Kier molecular flexibility index (Phi) is 6.92. The Labute approximate surface area is 163 Å². The van der Waals surface area contributed by atoms with Crippen LogP contribution in [-0.4, -0.2) is 50.6 Å². The fourth-order valence-corrected chi connectivity index (χ4v) is 4.32. The topological polar surface area (TPSA) is 75.7 Å². The summed E-state index contributed by atoms with van der Waals surface area (Å²) in [7, 11) is -3.36. The standard InChI is InChI=1S/C20H32N2O4S/c1-15(2)13-26-17-10-8-16(9-11-17)20(3,4)14-21-19(23)18-7-6-12-22(18)27(5,24)25/h8-11,15,18H,6-7,12-14H2,1-5H3,(H,21,23)/t18-/m0/s1. The molecule has 27 heavy (non-hydrogen) atoms. The van der Waals surface area contributed by atoms with Crippen LogP contribution in [0.5, 0.6) is 5.75 Å². The number of hydrogen-bond donors (Lipinski definition) is 1. The van der Waals surface area contributed by atoms with Crippen LogP contribution >= 0.6 is 0 Å². The zero-order valence-corrected chi connectivity index (χ0v) is 17.8. The number of benzene rings is 1. The zero-order chi connectivity index (χ0) is 20.2. The van der Waals surface area contributed by atoms with Gasteiger partial charge in [-0.3, -0.25) is 4.79 Å². The summed E-state index contributed by atoms with van der Waals surface area (Å²) in [6.45, 7) is 9.85. The van der Waals surface area contributed by atoms with Gasteiger partial charge >= 0.3 is 0 Å². The second-order valence-corrected chi connectivity index (χ2v) is 10.3. The number of carbonyl (C=O) groups excluding carboxylic acids is 1. The van der Waals surface area contributed by atoms with Crippen LogP contribution in [0.2, 0.25) is 0 Å². The van der Waals surface area contributed by atoms with Crippen LogP contribution in [0.4, 0.5) is 0 Å². The van der Waals surface area contributed by atoms with Crippen LogP contribution in [0.25, 0.3) is 0 Å². The van der Waals surface area contributed by atoms with Gasteiger partial charge in [0.05, 0.1) is 12.9 Å². The third-order valence-electron chi connectivity index (χ3n) is 4.86. The van der Waals surface area contributed by atoms with Gasteiger partial charge in [-0.1, -0.05) is 39.8 Å². The van der Waals surface area contributed by atoms with Gasteiger partial charge in [-0.25, -0.2) is 8.42 Å². The Morgan fingerprint density at radius 1 is 1.30 bits per heavy atom. The molecule has 1 aromatic rings. The van der Waals surface area contributed by atoms with E-state index in [4.69, 9.17) is 4.74 Å². The first-order valence-corrected chi connectivity index (χ1v) is 11.3. The summed E-state index contributed by atoms with van der Waals surface area (Å²) in [6, 6.07) is 7.33. The number of carbonyl (C=O) groups is 1. The molecule has 1 fully saturated rings. The first-order chi connectivity index (χ1) is 12.5. The van der Waals surface area contributed by atoms with Crippen LogP contribution in [0, 0.1) is 5.92 Å². The number of amides is 1. The fraction of sp³-hybridized carbons (Fsp3) is 0.650. The van der Waals surface area contributed by atoms with Crippen molar-refractivity contribution in [1.29, 1.82) is 0 Å². The number of sulfonamides is 1. The summed E-state index contributed by atoms with van der Waals surface area (Å²) in [4.78, 5) is 12.5. The maximum absolute atomic E-state index is 12.5. The Balaban J connectivity index is 1.96. The van der Waals surface area contributed by atoms with Gasteiger partial charge in [0, 0.05) is 18.5 Å². The molecule has 0 bridgehead atoms. The third kappa shape index (κ3) is 5.94. The highest BCUT2D eigenvalue weighted by molar-refractivity contribution is 7.88. The normalized spacial score (nSPS) is 18.7. The SMILES string of the molecule is CC(C)COc1ccc(C(C)(C)CNC(=O)[C@@H]2CCCN2S(C)(=O)=O)cc1. The molecule has 1 aromatic carbocycles. The Hall–Kier alpha value is -1.60. The molecule has 0 aromatic heterocycles. The summed E-state index contributed by atoms with van der Waals surface area (Å²) in [5.74, 6) is 1.09. The molecule has 2 rings (SSSR count). The minimum Gasteiger partial charge on any atom is -0.493 e. The van der Waals surface area contributed by atoms with Crippen molar-refractivity contribution < 1.29 is 17.9 Å². The van der Waals surface area contributed by atoms with E-state index in [1.165, 1.54) is 4.31 Å². The highest BCUT2D eigenvalue weighted by Gasteiger charge is 2.36. The summed E-state index contributed by atoms with van der Waals surface area (Å²) < 4.78 is 30.7. The number of ether oxygens (including phenoxy) is 1. The van der Waals surface area contributed by atoms with Crippen molar-refractivity contribution in [3.05, 3.63) is 29.8 Å². The van der Waals surface area contributed by atoms with Crippen molar-refractivity contribution in [3.63, 3.8) is 0 Å². The molecule has 0 saturated carbocycles. The molecule has 1 saturated heterocycles. The van der Waals surface area contributed by atoms with Crippen molar-refractivity contribution in [2.24, 2.45) is 5.92 Å². The summed E-state index contributed by atoms with van der Waals surface area (Å²) in [6.07, 6.45) is 2.44. The lowest BCUT2D eigenvalue weighted by Gasteiger charge is -2.28. The fourth-order valence-electron chi connectivity index (χ4n) is 3.19. The van der Waals surface area contributed by atoms with E-state index in [1.807, 2.05) is 24.3 Å². The molecular formula is C20H32N2O4S. The van der Waals surface area contributed by atoms with Crippen molar-refractivity contribution in [3.8, 4) is 5.75 Å². The van der Waals surface area contributed by atoms with Gasteiger partial charge in [-0.05, 0) is 36.5 Å². The molecule has 1 atom stereocenters. The van der Waals surface area contributed by atoms with Crippen molar-refractivity contribution in [1.82, 2.24) is 9.62 Å². The quantitative estimate of drug-likeness (QED) is 0.733. The lowest BCUT2D eigenvalue weighted by molar-refractivity contribution is -0.124. The average molecular weight is 397 g/mol. The number of nitrogens with one attached hydrogen (secondary N) is 1. The van der Waals surface area contributed by atoms with Crippen LogP contribution in [-0.2, 0) is 20.2 Å². The van der Waals surface area contributed by atoms with Crippen LogP contribution in [0.3, 0.4) is 0 Å². The van der Waals surface area contributed by atoms with E-state index in [0.29, 0.717) is 38.5 Å². The highest BCUT2D eigenvalue weighted by atomic mass is 32.2. The van der Waals surface area contributed by atoms with E-state index in [2.05, 4.69) is 33.0 Å². The molecular weight excluding hydrogens is 364 g/mol. The second-order valence-electron chi connectivity index (χ2n) is 8.36. The van der Waals surface area contributed by atoms with E-state index in [9.17, 15) is 13.2 Å². The number of hydrogen-bond acceptors (Lipinski definition) is 4. The van der Waals surface area contributed by atoms with Crippen molar-refractivity contribution in [2.45, 2.75) is 52.0 Å². The molecule has 0 unspecified atom stereocenters. The van der Waals surface area contributed by atoms with Gasteiger partial charge in [-0.15, -0.1) is 0 Å². The number of rotatable bonds is 8. The van der Waals surface area contributed by atoms with Gasteiger partial charge in [0.2, 0.25) is 15.9 Å². The van der Waals surface area contributed by atoms with Crippen LogP contribution in [0.1, 0.15) is 46.1 Å². The van der Waals surface area contributed by atoms with Gasteiger partial charge in [-0.2, -0.15) is 4.31 Å².